The van der Waals surface area contributed by atoms with Gasteiger partial charge in [-0.05, 0) is 29.1 Å². The van der Waals surface area contributed by atoms with Crippen LogP contribution in [0.2, 0.25) is 0 Å². The maximum Gasteiger partial charge on any atom is 0.122 e. The van der Waals surface area contributed by atoms with Gasteiger partial charge < -0.3 is 9.30 Å². The van der Waals surface area contributed by atoms with Crippen molar-refractivity contribution >= 4 is 11.3 Å². The molecular formula is C18H19N3OS. The molecule has 1 aliphatic rings. The highest BCUT2D eigenvalue weighted by atomic mass is 32.1. The molecule has 4 rings (SSSR count). The summed E-state index contributed by atoms with van der Waals surface area (Å²) >= 11 is 1.81. The molecule has 1 aromatic carbocycles. The summed E-state index contributed by atoms with van der Waals surface area (Å²) in [6.45, 7) is 2.77. The van der Waals surface area contributed by atoms with Crippen LogP contribution in [-0.2, 0) is 19.6 Å². The van der Waals surface area contributed by atoms with Gasteiger partial charge in [0.2, 0.25) is 0 Å². The number of hydrogen-bond acceptors (Lipinski definition) is 4. The number of hydrogen-bond donors (Lipinski definition) is 0. The zero-order chi connectivity index (χ0) is 15.6. The number of aromatic nitrogens is 2. The second-order valence-electron chi connectivity index (χ2n) is 5.77. The number of methoxy groups -OCH3 is 1. The largest absolute Gasteiger partial charge is 0.497 e. The molecule has 2 aromatic heterocycles. The van der Waals surface area contributed by atoms with Crippen LogP contribution in [-0.4, -0.2) is 21.6 Å². The maximum absolute atomic E-state index is 5.29. The summed E-state index contributed by atoms with van der Waals surface area (Å²) in [5.41, 5.74) is 1.32. The van der Waals surface area contributed by atoms with Crippen LogP contribution >= 0.6 is 11.3 Å². The van der Waals surface area contributed by atoms with Crippen molar-refractivity contribution in [3.05, 3.63) is 70.4 Å². The molecule has 3 heterocycles. The zero-order valence-corrected chi connectivity index (χ0v) is 13.9. The van der Waals surface area contributed by atoms with E-state index in [2.05, 4.69) is 50.3 Å². The summed E-state index contributed by atoms with van der Waals surface area (Å²) in [5, 5.41) is 2.14. The molecule has 1 aliphatic heterocycles. The molecule has 0 aliphatic carbocycles. The van der Waals surface area contributed by atoms with E-state index < -0.39 is 0 Å². The Hall–Kier alpha value is -2.11. The van der Waals surface area contributed by atoms with E-state index in [0.717, 1.165) is 31.2 Å². The molecule has 118 valence electrons. The average Bonchev–Trinajstić information content (AvgIpc) is 3.25. The Balaban J connectivity index is 1.65. The summed E-state index contributed by atoms with van der Waals surface area (Å²) in [6.07, 6.45) is 3.98. The lowest BCUT2D eigenvalue weighted by atomic mass is 10.0. The molecule has 5 heteroatoms. The van der Waals surface area contributed by atoms with Gasteiger partial charge in [-0.25, -0.2) is 4.98 Å². The van der Waals surface area contributed by atoms with Crippen molar-refractivity contribution in [3.63, 3.8) is 0 Å². The Morgan fingerprint density at radius 1 is 1.26 bits per heavy atom. The molecule has 0 fully saturated rings. The smallest absolute Gasteiger partial charge is 0.122 e. The van der Waals surface area contributed by atoms with Gasteiger partial charge in [-0.2, -0.15) is 0 Å². The molecule has 0 saturated heterocycles. The predicted molar refractivity (Wildman–Crippen MR) is 91.5 cm³/mol. The minimum Gasteiger partial charge on any atom is -0.497 e. The van der Waals surface area contributed by atoms with Gasteiger partial charge in [0.05, 0.1) is 19.7 Å². The quantitative estimate of drug-likeness (QED) is 0.732. The van der Waals surface area contributed by atoms with Crippen molar-refractivity contribution in [2.24, 2.45) is 0 Å². The SMILES string of the molecule is COc1ccc([C@H]2Cn3ccnc3CN2Cc2cccs2)cc1. The van der Waals surface area contributed by atoms with E-state index in [1.54, 1.807) is 7.11 Å². The summed E-state index contributed by atoms with van der Waals surface area (Å²) < 4.78 is 7.55. The summed E-state index contributed by atoms with van der Waals surface area (Å²) in [5.74, 6) is 2.05. The number of thiophene rings is 1. The number of fused-ring (bicyclic) bond motifs is 1. The molecule has 3 aromatic rings. The molecule has 0 radical (unpaired) electrons. The van der Waals surface area contributed by atoms with Gasteiger partial charge in [-0.3, -0.25) is 4.90 Å². The van der Waals surface area contributed by atoms with E-state index in [4.69, 9.17) is 4.74 Å². The molecule has 0 amide bonds. The van der Waals surface area contributed by atoms with E-state index in [1.807, 2.05) is 29.7 Å². The molecule has 23 heavy (non-hydrogen) atoms. The minimum atomic E-state index is 0.352. The number of imidazole rings is 1. The fourth-order valence-corrected chi connectivity index (χ4v) is 3.89. The van der Waals surface area contributed by atoms with Crippen molar-refractivity contribution in [1.29, 1.82) is 0 Å². The van der Waals surface area contributed by atoms with Crippen molar-refractivity contribution in [2.75, 3.05) is 7.11 Å². The first-order valence-electron chi connectivity index (χ1n) is 7.74. The highest BCUT2D eigenvalue weighted by Gasteiger charge is 2.28. The molecule has 4 nitrogen and oxygen atoms in total. The number of ether oxygens (including phenoxy) is 1. The van der Waals surface area contributed by atoms with E-state index >= 15 is 0 Å². The van der Waals surface area contributed by atoms with Crippen LogP contribution in [0, 0.1) is 0 Å². The molecule has 0 spiro atoms. The zero-order valence-electron chi connectivity index (χ0n) is 13.1. The van der Waals surface area contributed by atoms with Crippen LogP contribution in [0.1, 0.15) is 22.3 Å². The van der Waals surface area contributed by atoms with Crippen molar-refractivity contribution in [3.8, 4) is 5.75 Å². The molecule has 0 bridgehead atoms. The van der Waals surface area contributed by atoms with Crippen LogP contribution < -0.4 is 4.74 Å². The first-order valence-corrected chi connectivity index (χ1v) is 8.62. The highest BCUT2D eigenvalue weighted by molar-refractivity contribution is 7.09. The Bertz CT molecular complexity index is 764. The second-order valence-corrected chi connectivity index (χ2v) is 6.80. The summed E-state index contributed by atoms with van der Waals surface area (Å²) in [6, 6.07) is 13.1. The molecule has 0 N–H and O–H groups in total. The Morgan fingerprint density at radius 3 is 2.87 bits per heavy atom. The summed E-state index contributed by atoms with van der Waals surface area (Å²) in [7, 11) is 1.70. The van der Waals surface area contributed by atoms with Crippen LogP contribution in [0.25, 0.3) is 0 Å². The standard InChI is InChI=1S/C18H19N3OS/c1-22-15-6-4-14(5-7-15)17-12-20-9-8-19-18(20)13-21(17)11-16-3-2-10-23-16/h2-10,17H,11-13H2,1H3/t17-/m1/s1. The lowest BCUT2D eigenvalue weighted by Crippen LogP contribution is -2.36. The van der Waals surface area contributed by atoms with Crippen LogP contribution in [0.4, 0.5) is 0 Å². The van der Waals surface area contributed by atoms with Crippen molar-refractivity contribution in [2.45, 2.75) is 25.7 Å². The molecule has 0 saturated carbocycles. The monoisotopic (exact) mass is 325 g/mol. The van der Waals surface area contributed by atoms with E-state index in [1.165, 1.54) is 10.4 Å². The van der Waals surface area contributed by atoms with Gasteiger partial charge in [-0.1, -0.05) is 18.2 Å². The van der Waals surface area contributed by atoms with Gasteiger partial charge in [0.25, 0.3) is 0 Å². The van der Waals surface area contributed by atoms with E-state index in [9.17, 15) is 0 Å². The average molecular weight is 325 g/mol. The van der Waals surface area contributed by atoms with Crippen molar-refractivity contribution < 1.29 is 4.74 Å². The lowest BCUT2D eigenvalue weighted by Gasteiger charge is -2.36. The number of rotatable bonds is 4. The first-order chi connectivity index (χ1) is 11.3. The molecular weight excluding hydrogens is 306 g/mol. The normalized spacial score (nSPS) is 17.9. The summed E-state index contributed by atoms with van der Waals surface area (Å²) in [4.78, 5) is 8.40. The van der Waals surface area contributed by atoms with Gasteiger partial charge in [0.15, 0.2) is 0 Å². The van der Waals surface area contributed by atoms with Gasteiger partial charge in [-0.15, -0.1) is 11.3 Å². The second kappa shape index (κ2) is 6.18. The van der Waals surface area contributed by atoms with Crippen LogP contribution in [0.5, 0.6) is 5.75 Å². The highest BCUT2D eigenvalue weighted by Crippen LogP contribution is 2.32. The van der Waals surface area contributed by atoms with Gasteiger partial charge in [0.1, 0.15) is 11.6 Å². The van der Waals surface area contributed by atoms with Crippen LogP contribution in [0.15, 0.2) is 54.2 Å². The third-order valence-electron chi connectivity index (χ3n) is 4.40. The lowest BCUT2D eigenvalue weighted by molar-refractivity contribution is 0.129. The number of benzene rings is 1. The fraction of sp³-hybridized carbons (Fsp3) is 0.278. The van der Waals surface area contributed by atoms with Crippen molar-refractivity contribution in [1.82, 2.24) is 14.5 Å². The van der Waals surface area contributed by atoms with Gasteiger partial charge >= 0.3 is 0 Å². The Labute approximate surface area is 140 Å². The van der Waals surface area contributed by atoms with E-state index in [-0.39, 0.29) is 0 Å². The number of nitrogens with zero attached hydrogens (tertiary/aromatic N) is 3. The topological polar surface area (TPSA) is 30.3 Å². The Kier molecular flexibility index (Phi) is 3.89. The third-order valence-corrected chi connectivity index (χ3v) is 5.26. The third kappa shape index (κ3) is 2.90. The molecule has 1 atom stereocenters. The molecule has 0 unspecified atom stereocenters. The van der Waals surface area contributed by atoms with E-state index in [0.29, 0.717) is 6.04 Å². The Morgan fingerprint density at radius 2 is 2.13 bits per heavy atom. The first kappa shape index (κ1) is 14.5. The van der Waals surface area contributed by atoms with Crippen LogP contribution in [0.3, 0.4) is 0 Å². The maximum atomic E-state index is 5.29. The predicted octanol–water partition coefficient (Wildman–Crippen LogP) is 3.71. The minimum absolute atomic E-state index is 0.352. The van der Waals surface area contributed by atoms with Gasteiger partial charge in [0, 0.05) is 30.4 Å². The fourth-order valence-electron chi connectivity index (χ4n) is 3.16.